The summed E-state index contributed by atoms with van der Waals surface area (Å²) in [6.07, 6.45) is 0. The van der Waals surface area contributed by atoms with Crippen molar-refractivity contribution in [3.63, 3.8) is 0 Å². The van der Waals surface area contributed by atoms with Crippen LogP contribution in [0, 0.1) is 0 Å². The summed E-state index contributed by atoms with van der Waals surface area (Å²) in [6.45, 7) is 0. The highest BCUT2D eigenvalue weighted by atomic mass is 15.1. The zero-order valence-corrected chi connectivity index (χ0v) is 29.8. The van der Waals surface area contributed by atoms with Crippen molar-refractivity contribution in [2.75, 3.05) is 4.90 Å². The van der Waals surface area contributed by atoms with Crippen molar-refractivity contribution in [3.05, 3.63) is 247 Å². The molecule has 1 aliphatic carbocycles. The van der Waals surface area contributed by atoms with Gasteiger partial charge in [0.2, 0.25) is 0 Å². The Morgan fingerprint density at radius 1 is 0.315 bits per heavy atom. The Labute approximate surface area is 317 Å². The molecule has 0 amide bonds. The molecule has 0 saturated heterocycles. The van der Waals surface area contributed by atoms with Gasteiger partial charge >= 0.3 is 0 Å². The average molecular weight is 688 g/mol. The van der Waals surface area contributed by atoms with Crippen LogP contribution in [-0.4, -0.2) is 0 Å². The van der Waals surface area contributed by atoms with Gasteiger partial charge in [0.05, 0.1) is 11.1 Å². The SMILES string of the molecule is c1ccc(-c2ccccc2-c2ccc3ccc(N(c4ccccc4)c4cccc5c4-c4ccccc4C5(c4ccccc4)c4ccccc4)cc3c2)cc1. The maximum atomic E-state index is 2.45. The largest absolute Gasteiger partial charge is 0.310 e. The molecule has 0 saturated carbocycles. The monoisotopic (exact) mass is 687 g/mol. The fourth-order valence-corrected chi connectivity index (χ4v) is 8.81. The summed E-state index contributed by atoms with van der Waals surface area (Å²) in [5.41, 5.74) is 15.4. The molecule has 0 atom stereocenters. The second-order valence-electron chi connectivity index (χ2n) is 14.1. The first-order valence-corrected chi connectivity index (χ1v) is 18.7. The Morgan fingerprint density at radius 3 is 1.54 bits per heavy atom. The first-order valence-electron chi connectivity index (χ1n) is 18.7. The molecule has 0 aliphatic heterocycles. The van der Waals surface area contributed by atoms with Gasteiger partial charge in [-0.2, -0.15) is 0 Å². The molecule has 0 spiro atoms. The normalized spacial score (nSPS) is 12.6. The van der Waals surface area contributed by atoms with Gasteiger partial charge in [-0.3, -0.25) is 0 Å². The van der Waals surface area contributed by atoms with Crippen LogP contribution in [0.15, 0.2) is 224 Å². The number of para-hydroxylation sites is 1. The highest BCUT2D eigenvalue weighted by molar-refractivity contribution is 5.99. The summed E-state index contributed by atoms with van der Waals surface area (Å²) >= 11 is 0. The van der Waals surface area contributed by atoms with Crippen LogP contribution in [0.1, 0.15) is 22.3 Å². The smallest absolute Gasteiger partial charge is 0.0714 e. The van der Waals surface area contributed by atoms with E-state index in [1.807, 2.05) is 0 Å². The number of anilines is 3. The van der Waals surface area contributed by atoms with Crippen LogP contribution < -0.4 is 4.90 Å². The van der Waals surface area contributed by atoms with Crippen molar-refractivity contribution in [2.24, 2.45) is 0 Å². The molecule has 1 aliphatic rings. The maximum absolute atomic E-state index is 2.45. The third kappa shape index (κ3) is 5.09. The van der Waals surface area contributed by atoms with E-state index in [1.54, 1.807) is 0 Å². The van der Waals surface area contributed by atoms with Gasteiger partial charge in [0.1, 0.15) is 0 Å². The third-order valence-corrected chi connectivity index (χ3v) is 11.1. The molecule has 54 heavy (non-hydrogen) atoms. The molecule has 1 nitrogen and oxygen atoms in total. The minimum Gasteiger partial charge on any atom is -0.310 e. The van der Waals surface area contributed by atoms with Crippen LogP contribution in [0.4, 0.5) is 17.1 Å². The van der Waals surface area contributed by atoms with E-state index >= 15 is 0 Å². The number of hydrogen-bond acceptors (Lipinski definition) is 1. The zero-order chi connectivity index (χ0) is 35.9. The lowest BCUT2D eigenvalue weighted by Crippen LogP contribution is -2.28. The van der Waals surface area contributed by atoms with Gasteiger partial charge in [-0.25, -0.2) is 0 Å². The molecule has 9 aromatic rings. The molecule has 0 unspecified atom stereocenters. The Bertz CT molecular complexity index is 2710. The minimum absolute atomic E-state index is 0.475. The van der Waals surface area contributed by atoms with E-state index in [0.29, 0.717) is 0 Å². The molecule has 0 N–H and O–H groups in total. The van der Waals surface area contributed by atoms with Crippen molar-refractivity contribution in [3.8, 4) is 33.4 Å². The first kappa shape index (κ1) is 31.7. The van der Waals surface area contributed by atoms with Crippen LogP contribution in [0.2, 0.25) is 0 Å². The molecule has 0 radical (unpaired) electrons. The zero-order valence-electron chi connectivity index (χ0n) is 29.8. The molecule has 0 aromatic heterocycles. The molecular formula is C53H37N. The highest BCUT2D eigenvalue weighted by Crippen LogP contribution is 2.59. The number of fused-ring (bicyclic) bond motifs is 4. The van der Waals surface area contributed by atoms with Crippen molar-refractivity contribution >= 4 is 27.8 Å². The van der Waals surface area contributed by atoms with Crippen LogP contribution in [-0.2, 0) is 5.41 Å². The molecule has 254 valence electrons. The number of benzene rings is 9. The van der Waals surface area contributed by atoms with Gasteiger partial charge in [-0.15, -0.1) is 0 Å². The second kappa shape index (κ2) is 13.2. The molecule has 9 aromatic carbocycles. The van der Waals surface area contributed by atoms with Gasteiger partial charge in [0, 0.05) is 16.9 Å². The lowest BCUT2D eigenvalue weighted by Gasteiger charge is -2.34. The van der Waals surface area contributed by atoms with Gasteiger partial charge in [-0.1, -0.05) is 188 Å². The van der Waals surface area contributed by atoms with E-state index in [1.165, 1.54) is 66.4 Å². The van der Waals surface area contributed by atoms with Crippen LogP contribution in [0.25, 0.3) is 44.2 Å². The lowest BCUT2D eigenvalue weighted by atomic mass is 9.68. The number of rotatable bonds is 7. The van der Waals surface area contributed by atoms with Crippen molar-refractivity contribution in [1.29, 1.82) is 0 Å². The highest BCUT2D eigenvalue weighted by Gasteiger charge is 2.47. The summed E-state index contributed by atoms with van der Waals surface area (Å²) in [4.78, 5) is 2.45. The topological polar surface area (TPSA) is 3.24 Å². The van der Waals surface area contributed by atoms with Gasteiger partial charge in [0.25, 0.3) is 0 Å². The quantitative estimate of drug-likeness (QED) is 0.161. The Hall–Kier alpha value is -6.96. The molecule has 1 heteroatoms. The molecule has 0 heterocycles. The van der Waals surface area contributed by atoms with Gasteiger partial charge in [0.15, 0.2) is 0 Å². The molecular weight excluding hydrogens is 651 g/mol. The summed E-state index contributed by atoms with van der Waals surface area (Å²) < 4.78 is 0. The Balaban J connectivity index is 1.20. The van der Waals surface area contributed by atoms with E-state index in [2.05, 4.69) is 229 Å². The van der Waals surface area contributed by atoms with Crippen molar-refractivity contribution < 1.29 is 0 Å². The average Bonchev–Trinajstić information content (AvgIpc) is 3.56. The van der Waals surface area contributed by atoms with Crippen LogP contribution in [0.5, 0.6) is 0 Å². The predicted octanol–water partition coefficient (Wildman–Crippen LogP) is 14.0. The van der Waals surface area contributed by atoms with E-state index in [0.717, 1.165) is 17.1 Å². The number of hydrogen-bond donors (Lipinski definition) is 0. The number of nitrogens with zero attached hydrogens (tertiary/aromatic N) is 1. The van der Waals surface area contributed by atoms with Gasteiger partial charge in [-0.05, 0) is 97.2 Å². The van der Waals surface area contributed by atoms with E-state index < -0.39 is 5.41 Å². The van der Waals surface area contributed by atoms with E-state index in [9.17, 15) is 0 Å². The maximum Gasteiger partial charge on any atom is 0.0714 e. The van der Waals surface area contributed by atoms with E-state index in [-0.39, 0.29) is 0 Å². The lowest BCUT2D eigenvalue weighted by molar-refractivity contribution is 0.768. The fourth-order valence-electron chi connectivity index (χ4n) is 8.81. The summed E-state index contributed by atoms with van der Waals surface area (Å²) in [5.74, 6) is 0. The van der Waals surface area contributed by atoms with Gasteiger partial charge < -0.3 is 4.90 Å². The first-order chi connectivity index (χ1) is 26.8. The fraction of sp³-hybridized carbons (Fsp3) is 0.0189. The van der Waals surface area contributed by atoms with Crippen molar-refractivity contribution in [2.45, 2.75) is 5.41 Å². The Kier molecular flexibility index (Phi) is 7.78. The second-order valence-corrected chi connectivity index (χ2v) is 14.1. The summed E-state index contributed by atoms with van der Waals surface area (Å²) in [6, 6.07) is 81.9. The molecule has 0 fully saturated rings. The third-order valence-electron chi connectivity index (χ3n) is 11.1. The van der Waals surface area contributed by atoms with Crippen LogP contribution >= 0.6 is 0 Å². The Morgan fingerprint density at radius 2 is 0.852 bits per heavy atom. The summed E-state index contributed by atoms with van der Waals surface area (Å²) in [7, 11) is 0. The standard InChI is InChI=1S/C53H37N/c1-5-18-39(19-6-1)46-26-13-14-27-47(46)40-33-32-38-34-35-45(37-41(38)36-40)54(44-24-11-4-12-25-44)51-31-17-30-50-52(51)48-28-15-16-29-49(48)53(50,42-20-7-2-8-21-42)43-22-9-3-10-23-43/h1-37H. The van der Waals surface area contributed by atoms with Crippen molar-refractivity contribution in [1.82, 2.24) is 0 Å². The predicted molar refractivity (Wildman–Crippen MR) is 227 cm³/mol. The molecule has 0 bridgehead atoms. The minimum atomic E-state index is -0.475. The van der Waals surface area contributed by atoms with Crippen LogP contribution in [0.3, 0.4) is 0 Å². The molecule has 10 rings (SSSR count). The summed E-state index contributed by atoms with van der Waals surface area (Å²) in [5, 5.41) is 2.41. The van der Waals surface area contributed by atoms with E-state index in [4.69, 9.17) is 0 Å².